The Balaban J connectivity index is 2.17. The van der Waals surface area contributed by atoms with Crippen LogP contribution >= 0.6 is 0 Å². The van der Waals surface area contributed by atoms with Gasteiger partial charge in [0.15, 0.2) is 0 Å². The maximum absolute atomic E-state index is 12.3. The smallest absolute Gasteiger partial charge is 0.333 e. The van der Waals surface area contributed by atoms with E-state index < -0.39 is 10.8 Å². The Kier molecular flexibility index (Phi) is 6.10. The average molecular weight is 346 g/mol. The van der Waals surface area contributed by atoms with Crippen LogP contribution in [0.1, 0.15) is 18.2 Å². The van der Waals surface area contributed by atoms with Crippen LogP contribution in [-0.4, -0.2) is 33.8 Å². The number of benzene rings is 1. The molecule has 0 aliphatic rings. The van der Waals surface area contributed by atoms with Gasteiger partial charge in [0.2, 0.25) is 5.82 Å². The molecular weight excluding hydrogens is 324 g/mol. The first-order chi connectivity index (χ1) is 11.9. The number of nitrogens with one attached hydrogen (secondary N) is 1. The molecule has 1 aromatic carbocycles. The normalized spacial score (nSPS) is 11.8. The molecule has 0 saturated heterocycles. The second-order valence-corrected chi connectivity index (χ2v) is 5.68. The molecule has 134 valence electrons. The summed E-state index contributed by atoms with van der Waals surface area (Å²) in [5, 5.41) is 18.3. The third-order valence-electron chi connectivity index (χ3n) is 3.83. The van der Waals surface area contributed by atoms with Crippen molar-refractivity contribution in [3.63, 3.8) is 0 Å². The van der Waals surface area contributed by atoms with E-state index >= 15 is 0 Å². The van der Waals surface area contributed by atoms with Gasteiger partial charge in [-0.2, -0.15) is 5.10 Å². The number of carbonyl (C=O) groups is 1. The molecular formula is C17H22N4O4. The van der Waals surface area contributed by atoms with E-state index in [1.54, 1.807) is 20.9 Å². The van der Waals surface area contributed by atoms with Crippen molar-refractivity contribution in [1.29, 1.82) is 0 Å². The van der Waals surface area contributed by atoms with Crippen molar-refractivity contribution in [2.75, 3.05) is 18.5 Å². The minimum atomic E-state index is -0.471. The van der Waals surface area contributed by atoms with Crippen LogP contribution in [0, 0.1) is 23.0 Å². The van der Waals surface area contributed by atoms with Gasteiger partial charge < -0.3 is 10.1 Å². The maximum Gasteiger partial charge on any atom is 0.333 e. The first-order valence-corrected chi connectivity index (χ1v) is 8.06. The molecule has 0 fully saturated rings. The second kappa shape index (κ2) is 8.27. The van der Waals surface area contributed by atoms with Crippen molar-refractivity contribution in [2.45, 2.75) is 20.3 Å². The minimum absolute atomic E-state index is 0.0789. The van der Waals surface area contributed by atoms with E-state index in [-0.39, 0.29) is 30.6 Å². The van der Waals surface area contributed by atoms with E-state index in [0.29, 0.717) is 12.1 Å². The van der Waals surface area contributed by atoms with E-state index in [2.05, 4.69) is 10.4 Å². The number of hydrogen-bond acceptors (Lipinski definition) is 6. The molecule has 8 heteroatoms. The summed E-state index contributed by atoms with van der Waals surface area (Å²) in [6, 6.07) is 9.58. The number of esters is 1. The third kappa shape index (κ3) is 4.56. The summed E-state index contributed by atoms with van der Waals surface area (Å²) in [5.74, 6) is -0.512. The van der Waals surface area contributed by atoms with E-state index in [1.165, 1.54) is 4.68 Å². The number of nitro groups is 1. The summed E-state index contributed by atoms with van der Waals surface area (Å²) in [5.41, 5.74) is 1.24. The van der Waals surface area contributed by atoms with Gasteiger partial charge in [0.25, 0.3) is 0 Å². The topological polar surface area (TPSA) is 99.3 Å². The monoisotopic (exact) mass is 346 g/mol. The number of nitrogens with zero attached hydrogens (tertiary/aromatic N) is 3. The zero-order valence-corrected chi connectivity index (χ0v) is 14.6. The fourth-order valence-corrected chi connectivity index (χ4v) is 2.68. The molecule has 2 rings (SSSR count). The van der Waals surface area contributed by atoms with Crippen LogP contribution in [0.4, 0.5) is 11.5 Å². The van der Waals surface area contributed by atoms with Crippen molar-refractivity contribution >= 4 is 17.5 Å². The molecule has 1 unspecified atom stereocenters. The SMILES string of the molecule is CCOC(=O)C(CNc1c([N+](=O)[O-])c(C)nn1C)Cc1ccccc1. The highest BCUT2D eigenvalue weighted by atomic mass is 16.6. The van der Waals surface area contributed by atoms with E-state index in [4.69, 9.17) is 4.74 Å². The van der Waals surface area contributed by atoms with Crippen LogP contribution in [0.2, 0.25) is 0 Å². The lowest BCUT2D eigenvalue weighted by Crippen LogP contribution is -2.28. The fourth-order valence-electron chi connectivity index (χ4n) is 2.68. The summed E-state index contributed by atoms with van der Waals surface area (Å²) in [7, 11) is 1.62. The molecule has 8 nitrogen and oxygen atoms in total. The molecule has 0 saturated carbocycles. The molecule has 0 bridgehead atoms. The van der Waals surface area contributed by atoms with Gasteiger partial charge >= 0.3 is 11.7 Å². The predicted octanol–water partition coefficient (Wildman–Crippen LogP) is 2.47. The lowest BCUT2D eigenvalue weighted by molar-refractivity contribution is -0.384. The minimum Gasteiger partial charge on any atom is -0.466 e. The highest BCUT2D eigenvalue weighted by Gasteiger charge is 2.26. The highest BCUT2D eigenvalue weighted by Crippen LogP contribution is 2.27. The Morgan fingerprint density at radius 1 is 1.40 bits per heavy atom. The lowest BCUT2D eigenvalue weighted by atomic mass is 9.99. The third-order valence-corrected chi connectivity index (χ3v) is 3.83. The van der Waals surface area contributed by atoms with Crippen molar-refractivity contribution in [3.05, 3.63) is 51.7 Å². The largest absolute Gasteiger partial charge is 0.466 e. The van der Waals surface area contributed by atoms with Crippen molar-refractivity contribution in [2.24, 2.45) is 13.0 Å². The van der Waals surface area contributed by atoms with E-state index in [9.17, 15) is 14.9 Å². The second-order valence-electron chi connectivity index (χ2n) is 5.68. The standard InChI is InChI=1S/C17H22N4O4/c1-4-25-17(22)14(10-13-8-6-5-7-9-13)11-18-16-15(21(23)24)12(2)19-20(16)3/h5-9,14,18H,4,10-11H2,1-3H3. The maximum atomic E-state index is 12.3. The molecule has 1 atom stereocenters. The molecule has 0 aliphatic carbocycles. The van der Waals surface area contributed by atoms with E-state index in [1.807, 2.05) is 30.3 Å². The molecule has 1 aromatic heterocycles. The van der Waals surface area contributed by atoms with Gasteiger partial charge in [-0.25, -0.2) is 4.68 Å². The van der Waals surface area contributed by atoms with Gasteiger partial charge in [-0.1, -0.05) is 30.3 Å². The molecule has 0 spiro atoms. The van der Waals surface area contributed by atoms with E-state index in [0.717, 1.165) is 5.56 Å². The van der Waals surface area contributed by atoms with Crippen LogP contribution in [-0.2, 0) is 23.0 Å². The Morgan fingerprint density at radius 2 is 2.08 bits per heavy atom. The Morgan fingerprint density at radius 3 is 2.68 bits per heavy atom. The van der Waals surface area contributed by atoms with Crippen molar-refractivity contribution in [3.8, 4) is 0 Å². The zero-order chi connectivity index (χ0) is 18.4. The number of aryl methyl sites for hydroxylation is 2. The van der Waals surface area contributed by atoms with Gasteiger partial charge in [0.05, 0.1) is 17.4 Å². The number of rotatable bonds is 8. The van der Waals surface area contributed by atoms with Gasteiger partial charge in [0, 0.05) is 13.6 Å². The summed E-state index contributed by atoms with van der Waals surface area (Å²) < 4.78 is 6.56. The van der Waals surface area contributed by atoms with Crippen LogP contribution in [0.5, 0.6) is 0 Å². The predicted molar refractivity (Wildman–Crippen MR) is 93.4 cm³/mol. The molecule has 1 heterocycles. The zero-order valence-electron chi connectivity index (χ0n) is 14.6. The van der Waals surface area contributed by atoms with Crippen molar-refractivity contribution in [1.82, 2.24) is 9.78 Å². The number of ether oxygens (including phenoxy) is 1. The van der Waals surface area contributed by atoms with Gasteiger partial charge in [-0.15, -0.1) is 0 Å². The number of anilines is 1. The summed E-state index contributed by atoms with van der Waals surface area (Å²) in [6.45, 7) is 3.83. The summed E-state index contributed by atoms with van der Waals surface area (Å²) in [4.78, 5) is 23.0. The molecule has 1 N–H and O–H groups in total. The van der Waals surface area contributed by atoms with Crippen LogP contribution in [0.25, 0.3) is 0 Å². The highest BCUT2D eigenvalue weighted by molar-refractivity contribution is 5.74. The Bertz CT molecular complexity index is 743. The average Bonchev–Trinajstić information content (AvgIpc) is 2.86. The Labute approximate surface area is 145 Å². The Hall–Kier alpha value is -2.90. The fraction of sp³-hybridized carbons (Fsp3) is 0.412. The van der Waals surface area contributed by atoms with Gasteiger partial charge in [-0.3, -0.25) is 14.9 Å². The molecule has 25 heavy (non-hydrogen) atoms. The summed E-state index contributed by atoms with van der Waals surface area (Å²) in [6.07, 6.45) is 0.483. The lowest BCUT2D eigenvalue weighted by Gasteiger charge is -2.17. The van der Waals surface area contributed by atoms with Gasteiger partial charge in [-0.05, 0) is 25.8 Å². The number of hydrogen-bond donors (Lipinski definition) is 1. The molecule has 0 amide bonds. The first kappa shape index (κ1) is 18.4. The summed E-state index contributed by atoms with van der Waals surface area (Å²) >= 11 is 0. The molecule has 0 aliphatic heterocycles. The quantitative estimate of drug-likeness (QED) is 0.448. The molecule has 0 radical (unpaired) electrons. The van der Waals surface area contributed by atoms with Crippen LogP contribution in [0.3, 0.4) is 0 Å². The van der Waals surface area contributed by atoms with Gasteiger partial charge in [0.1, 0.15) is 5.69 Å². The molecule has 2 aromatic rings. The first-order valence-electron chi connectivity index (χ1n) is 8.06. The number of aromatic nitrogens is 2. The van der Waals surface area contributed by atoms with Crippen molar-refractivity contribution < 1.29 is 14.5 Å². The number of carbonyl (C=O) groups excluding carboxylic acids is 1. The van der Waals surface area contributed by atoms with Crippen LogP contribution < -0.4 is 5.32 Å². The van der Waals surface area contributed by atoms with Crippen LogP contribution in [0.15, 0.2) is 30.3 Å².